The first-order valence-electron chi connectivity index (χ1n) is 11.7. The summed E-state index contributed by atoms with van der Waals surface area (Å²) in [6, 6.07) is 21.0. The van der Waals surface area contributed by atoms with Crippen LogP contribution in [0.15, 0.2) is 84.0 Å². The molecule has 0 saturated carbocycles. The van der Waals surface area contributed by atoms with Gasteiger partial charge in [-0.15, -0.1) is 13.2 Å². The number of alkyl halides is 3. The van der Waals surface area contributed by atoms with Crippen LogP contribution in [0.25, 0.3) is 28.1 Å². The van der Waals surface area contributed by atoms with E-state index in [1.54, 1.807) is 12.3 Å². The summed E-state index contributed by atoms with van der Waals surface area (Å²) in [6.07, 6.45) is -3.06. The molecule has 0 atom stereocenters. The molecule has 2 aliphatic rings. The van der Waals surface area contributed by atoms with Gasteiger partial charge >= 0.3 is 6.36 Å². The van der Waals surface area contributed by atoms with E-state index in [2.05, 4.69) is 15.0 Å². The van der Waals surface area contributed by atoms with Gasteiger partial charge in [0.1, 0.15) is 5.75 Å². The van der Waals surface area contributed by atoms with Gasteiger partial charge in [-0.2, -0.15) is 0 Å². The first kappa shape index (κ1) is 24.3. The Labute approximate surface area is 211 Å². The predicted octanol–water partition coefficient (Wildman–Crippen LogP) is 6.79. The Bertz CT molecular complexity index is 1620. The Hall–Kier alpha value is -4.40. The maximum absolute atomic E-state index is 12.9. The van der Waals surface area contributed by atoms with Crippen molar-refractivity contribution in [1.29, 1.82) is 0 Å². The second kappa shape index (κ2) is 9.57. The van der Waals surface area contributed by atoms with Crippen LogP contribution < -0.4 is 15.4 Å². The van der Waals surface area contributed by atoms with Crippen LogP contribution in [-0.2, 0) is 0 Å². The van der Waals surface area contributed by atoms with Crippen molar-refractivity contribution in [2.45, 2.75) is 33.2 Å². The number of aryl methyl sites for hydroxylation is 1. The molecule has 188 valence electrons. The topological polar surface area (TPSA) is 64.3 Å². The first-order valence-corrected chi connectivity index (χ1v) is 11.7. The third-order valence-electron chi connectivity index (χ3n) is 5.68. The van der Waals surface area contributed by atoms with E-state index in [1.165, 1.54) is 18.2 Å². The van der Waals surface area contributed by atoms with Crippen molar-refractivity contribution in [2.75, 3.05) is 5.32 Å². The zero-order chi connectivity index (χ0) is 26.2. The minimum atomic E-state index is -4.79. The van der Waals surface area contributed by atoms with E-state index in [0.29, 0.717) is 27.9 Å². The molecule has 1 aliphatic carbocycles. The van der Waals surface area contributed by atoms with Gasteiger partial charge in [0, 0.05) is 24.0 Å². The van der Waals surface area contributed by atoms with Crippen molar-refractivity contribution in [2.24, 2.45) is 4.99 Å². The Morgan fingerprint density at radius 3 is 2.51 bits per heavy atom. The standard InChI is InChI=1S/C28H24F3N5O/c1-17(2)33-24-16-27-25(15-23(24)34-21-11-7-13-32-18(21)3)35-22-10-4-5-12-26(22)36(27)19-8-6-9-20(14-19)37-28(29,30)31/h4-17,34H,1-3H3. The van der Waals surface area contributed by atoms with Gasteiger partial charge < -0.3 is 14.6 Å². The summed E-state index contributed by atoms with van der Waals surface area (Å²) in [5, 5.41) is 4.12. The van der Waals surface area contributed by atoms with Crippen molar-refractivity contribution in [3.05, 3.63) is 90.0 Å². The second-order valence-corrected chi connectivity index (χ2v) is 8.82. The van der Waals surface area contributed by atoms with Gasteiger partial charge in [0.25, 0.3) is 0 Å². The molecule has 1 N–H and O–H groups in total. The average molecular weight is 504 g/mol. The summed E-state index contributed by atoms with van der Waals surface area (Å²) in [5.74, 6) is -0.302. The lowest BCUT2D eigenvalue weighted by Crippen LogP contribution is -2.18. The van der Waals surface area contributed by atoms with E-state index < -0.39 is 6.36 Å². The van der Waals surface area contributed by atoms with Gasteiger partial charge in [-0.3, -0.25) is 9.98 Å². The highest BCUT2D eigenvalue weighted by Crippen LogP contribution is 2.32. The number of benzene rings is 3. The molecule has 3 aromatic rings. The quantitative estimate of drug-likeness (QED) is 0.268. The van der Waals surface area contributed by atoms with E-state index in [4.69, 9.17) is 9.98 Å². The molecule has 0 fully saturated rings. The highest BCUT2D eigenvalue weighted by atomic mass is 19.4. The van der Waals surface area contributed by atoms with Crippen LogP contribution in [0.1, 0.15) is 19.5 Å². The maximum atomic E-state index is 12.9. The smallest absolute Gasteiger partial charge is 0.406 e. The summed E-state index contributed by atoms with van der Waals surface area (Å²) < 4.78 is 44.9. The molecule has 6 nitrogen and oxygen atoms in total. The number of halogens is 3. The SMILES string of the molecule is Cc1ncccc1Nc1cc2nc3ccccc3n(-c3cccc(OC(F)(F)F)c3)c-2cc1=NC(C)C. The van der Waals surface area contributed by atoms with Crippen molar-refractivity contribution in [3.63, 3.8) is 0 Å². The summed E-state index contributed by atoms with van der Waals surface area (Å²) >= 11 is 0. The average Bonchev–Trinajstić information content (AvgIpc) is 2.83. The van der Waals surface area contributed by atoms with Crippen molar-refractivity contribution in [3.8, 4) is 22.8 Å². The molecule has 0 amide bonds. The number of fused-ring (bicyclic) bond motifs is 2. The highest BCUT2D eigenvalue weighted by Gasteiger charge is 2.31. The van der Waals surface area contributed by atoms with E-state index >= 15 is 0 Å². The number of pyridine rings is 1. The van der Waals surface area contributed by atoms with Gasteiger partial charge in [-0.1, -0.05) is 18.2 Å². The lowest BCUT2D eigenvalue weighted by molar-refractivity contribution is -0.274. The second-order valence-electron chi connectivity index (χ2n) is 8.82. The molecular formula is C28H24F3N5O. The molecular weight excluding hydrogens is 479 g/mol. The lowest BCUT2D eigenvalue weighted by Gasteiger charge is -2.21. The van der Waals surface area contributed by atoms with Crippen molar-refractivity contribution < 1.29 is 17.9 Å². The fraction of sp³-hybridized carbons (Fsp3) is 0.179. The fourth-order valence-corrected chi connectivity index (χ4v) is 4.19. The number of aromatic nitrogens is 3. The Balaban J connectivity index is 1.79. The predicted molar refractivity (Wildman–Crippen MR) is 137 cm³/mol. The largest absolute Gasteiger partial charge is 0.573 e. The summed E-state index contributed by atoms with van der Waals surface area (Å²) in [4.78, 5) is 14.0. The number of nitrogens with zero attached hydrogens (tertiary/aromatic N) is 4. The molecule has 5 rings (SSSR count). The lowest BCUT2D eigenvalue weighted by atomic mass is 10.1. The van der Waals surface area contributed by atoms with Gasteiger partial charge in [0.05, 0.1) is 44.8 Å². The van der Waals surface area contributed by atoms with E-state index in [0.717, 1.165) is 22.6 Å². The van der Waals surface area contributed by atoms with Gasteiger partial charge in [0.15, 0.2) is 0 Å². The minimum absolute atomic E-state index is 0.00151. The van der Waals surface area contributed by atoms with Gasteiger partial charge in [-0.05, 0) is 69.3 Å². The van der Waals surface area contributed by atoms with Crippen LogP contribution in [0.2, 0.25) is 0 Å². The molecule has 2 aromatic carbocycles. The number of para-hydroxylation sites is 2. The number of rotatable bonds is 5. The number of nitrogens with one attached hydrogen (secondary N) is 1. The zero-order valence-electron chi connectivity index (χ0n) is 20.4. The molecule has 0 radical (unpaired) electrons. The number of ether oxygens (including phenoxy) is 1. The van der Waals surface area contributed by atoms with Gasteiger partial charge in [-0.25, -0.2) is 4.98 Å². The first-order chi connectivity index (χ1) is 17.7. The van der Waals surface area contributed by atoms with Crippen molar-refractivity contribution in [1.82, 2.24) is 14.5 Å². The van der Waals surface area contributed by atoms with Crippen LogP contribution in [-0.4, -0.2) is 26.9 Å². The van der Waals surface area contributed by atoms with E-state index in [1.807, 2.05) is 73.9 Å². The molecule has 37 heavy (non-hydrogen) atoms. The molecule has 9 heteroatoms. The Kier molecular flexibility index (Phi) is 6.29. The summed E-state index contributed by atoms with van der Waals surface area (Å²) in [7, 11) is 0. The van der Waals surface area contributed by atoms with Crippen LogP contribution >= 0.6 is 0 Å². The summed E-state index contributed by atoms with van der Waals surface area (Å²) in [5.41, 5.74) is 5.69. The number of hydrogen-bond acceptors (Lipinski definition) is 5. The molecule has 0 saturated heterocycles. The van der Waals surface area contributed by atoms with E-state index in [-0.39, 0.29) is 11.8 Å². The molecule has 1 aliphatic heterocycles. The van der Waals surface area contributed by atoms with Gasteiger partial charge in [0.2, 0.25) is 0 Å². The van der Waals surface area contributed by atoms with Crippen LogP contribution in [0.5, 0.6) is 5.75 Å². The number of hydrogen-bond donors (Lipinski definition) is 1. The molecule has 0 bridgehead atoms. The maximum Gasteiger partial charge on any atom is 0.573 e. The molecule has 0 spiro atoms. The molecule has 0 unspecified atom stereocenters. The van der Waals surface area contributed by atoms with E-state index in [9.17, 15) is 13.2 Å². The zero-order valence-corrected chi connectivity index (χ0v) is 20.4. The molecule has 1 aromatic heterocycles. The normalized spacial score (nSPS) is 12.5. The minimum Gasteiger partial charge on any atom is -0.406 e. The monoisotopic (exact) mass is 503 g/mol. The third kappa shape index (κ3) is 5.25. The third-order valence-corrected chi connectivity index (χ3v) is 5.68. The highest BCUT2D eigenvalue weighted by molar-refractivity contribution is 5.84. The molecule has 2 heterocycles. The Morgan fingerprint density at radius 2 is 1.76 bits per heavy atom. The van der Waals surface area contributed by atoms with Crippen molar-refractivity contribution >= 4 is 22.4 Å². The number of anilines is 2. The Morgan fingerprint density at radius 1 is 0.946 bits per heavy atom. The summed E-state index contributed by atoms with van der Waals surface area (Å²) in [6.45, 7) is 5.88. The van der Waals surface area contributed by atoms with Crippen LogP contribution in [0.3, 0.4) is 0 Å². The van der Waals surface area contributed by atoms with Crippen LogP contribution in [0.4, 0.5) is 24.5 Å². The van der Waals surface area contributed by atoms with Crippen LogP contribution in [0, 0.1) is 6.92 Å². The fourth-order valence-electron chi connectivity index (χ4n) is 4.19.